The highest BCUT2D eigenvalue weighted by Crippen LogP contribution is 2.16. The van der Waals surface area contributed by atoms with Gasteiger partial charge in [-0.2, -0.15) is 0 Å². The Balaban J connectivity index is 1.85. The van der Waals surface area contributed by atoms with Crippen molar-refractivity contribution in [1.29, 1.82) is 0 Å². The fraction of sp³-hybridized carbons (Fsp3) is 0.429. The number of benzene rings is 1. The van der Waals surface area contributed by atoms with Gasteiger partial charge in [0.05, 0.1) is 12.5 Å². The minimum absolute atomic E-state index is 0.247. The van der Waals surface area contributed by atoms with Gasteiger partial charge in [0.1, 0.15) is 0 Å². The predicted molar refractivity (Wildman–Crippen MR) is 82.3 cm³/mol. The monoisotopic (exact) mass is 389 g/mol. The van der Waals surface area contributed by atoms with Crippen LogP contribution >= 0.6 is 22.6 Å². The van der Waals surface area contributed by atoms with E-state index in [1.165, 1.54) is 0 Å². The first-order valence-corrected chi connectivity index (χ1v) is 7.49. The van der Waals surface area contributed by atoms with E-state index in [4.69, 9.17) is 9.47 Å². The summed E-state index contributed by atoms with van der Waals surface area (Å²) in [5, 5.41) is 2.71. The van der Waals surface area contributed by atoms with Crippen LogP contribution in [0.5, 0.6) is 0 Å². The molecule has 1 heterocycles. The number of hydrogen-bond donors (Lipinski definition) is 1. The smallest absolute Gasteiger partial charge is 0.312 e. The molecule has 1 amide bonds. The van der Waals surface area contributed by atoms with Crippen LogP contribution < -0.4 is 5.32 Å². The molecule has 2 rings (SSSR count). The summed E-state index contributed by atoms with van der Waals surface area (Å²) in [6, 6.07) is 7.39. The van der Waals surface area contributed by atoms with Gasteiger partial charge < -0.3 is 14.8 Å². The van der Waals surface area contributed by atoms with E-state index in [2.05, 4.69) is 27.9 Å². The summed E-state index contributed by atoms with van der Waals surface area (Å²) in [4.78, 5) is 23.7. The van der Waals surface area contributed by atoms with Gasteiger partial charge in [-0.05, 0) is 60.2 Å². The summed E-state index contributed by atoms with van der Waals surface area (Å²) in [6.07, 6.45) is -0.160. The number of rotatable bonds is 4. The Morgan fingerprint density at radius 2 is 2.10 bits per heavy atom. The summed E-state index contributed by atoms with van der Waals surface area (Å²) >= 11 is 2.19. The first-order valence-electron chi connectivity index (χ1n) is 6.41. The Labute approximate surface area is 131 Å². The van der Waals surface area contributed by atoms with Gasteiger partial charge in [0, 0.05) is 15.9 Å². The standard InChI is InChI=1S/C14H16INO4/c1-9(20-14(18)10-6-7-19-8-10)13(17)16-12-4-2-11(15)3-5-12/h2-5,9-10H,6-8H2,1H3,(H,16,17)/t9-,10+/m1/s1. The molecule has 6 heteroatoms. The first-order chi connectivity index (χ1) is 9.56. The molecule has 1 aliphatic rings. The molecule has 0 spiro atoms. The number of ether oxygens (including phenoxy) is 2. The van der Waals surface area contributed by atoms with Gasteiger partial charge in [-0.25, -0.2) is 0 Å². The fourth-order valence-corrected chi connectivity index (χ4v) is 2.18. The molecule has 0 aliphatic carbocycles. The lowest BCUT2D eigenvalue weighted by molar-refractivity contribution is -0.157. The highest BCUT2D eigenvalue weighted by molar-refractivity contribution is 14.1. The average molecular weight is 389 g/mol. The Morgan fingerprint density at radius 3 is 2.70 bits per heavy atom. The average Bonchev–Trinajstić information content (AvgIpc) is 2.95. The van der Waals surface area contributed by atoms with Gasteiger partial charge >= 0.3 is 5.97 Å². The van der Waals surface area contributed by atoms with Gasteiger partial charge in [-0.15, -0.1) is 0 Å². The van der Waals surface area contributed by atoms with Crippen molar-refractivity contribution in [2.45, 2.75) is 19.4 Å². The molecule has 1 aromatic rings. The second kappa shape index (κ2) is 7.03. The maximum absolute atomic E-state index is 11.9. The largest absolute Gasteiger partial charge is 0.452 e. The second-order valence-corrected chi connectivity index (χ2v) is 5.88. The zero-order chi connectivity index (χ0) is 14.5. The van der Waals surface area contributed by atoms with Crippen LogP contribution in [-0.4, -0.2) is 31.2 Å². The summed E-state index contributed by atoms with van der Waals surface area (Å²) in [7, 11) is 0. The third-order valence-corrected chi connectivity index (χ3v) is 3.76. The van der Waals surface area contributed by atoms with Gasteiger partial charge in [0.2, 0.25) is 0 Å². The van der Waals surface area contributed by atoms with Gasteiger partial charge in [0.25, 0.3) is 5.91 Å². The number of amides is 1. The van der Waals surface area contributed by atoms with E-state index < -0.39 is 6.10 Å². The molecule has 5 nitrogen and oxygen atoms in total. The summed E-state index contributed by atoms with van der Waals surface area (Å²) in [5.74, 6) is -0.949. The van der Waals surface area contributed by atoms with Crippen LogP contribution in [0.2, 0.25) is 0 Å². The molecule has 1 fully saturated rings. The van der Waals surface area contributed by atoms with E-state index in [0.29, 0.717) is 25.3 Å². The molecule has 1 aromatic carbocycles. The molecule has 0 bridgehead atoms. The summed E-state index contributed by atoms with van der Waals surface area (Å²) < 4.78 is 11.4. The highest BCUT2D eigenvalue weighted by atomic mass is 127. The minimum atomic E-state index is -0.817. The van der Waals surface area contributed by atoms with Crippen LogP contribution in [0.3, 0.4) is 0 Å². The van der Waals surface area contributed by atoms with Crippen molar-refractivity contribution in [3.63, 3.8) is 0 Å². The second-order valence-electron chi connectivity index (χ2n) is 4.64. The number of halogens is 1. The van der Waals surface area contributed by atoms with Crippen LogP contribution in [-0.2, 0) is 19.1 Å². The Hall–Kier alpha value is -1.15. The molecule has 108 valence electrons. The van der Waals surface area contributed by atoms with Crippen LogP contribution in [0.4, 0.5) is 5.69 Å². The van der Waals surface area contributed by atoms with Gasteiger partial charge in [-0.3, -0.25) is 9.59 Å². The maximum Gasteiger partial charge on any atom is 0.312 e. The molecular weight excluding hydrogens is 373 g/mol. The Morgan fingerprint density at radius 1 is 1.40 bits per heavy atom. The SMILES string of the molecule is C[C@@H](OC(=O)[C@H]1CCOC1)C(=O)Nc1ccc(I)cc1. The highest BCUT2D eigenvalue weighted by Gasteiger charge is 2.28. The molecule has 0 radical (unpaired) electrons. The van der Waals surface area contributed by atoms with E-state index in [1.807, 2.05) is 12.1 Å². The lowest BCUT2D eigenvalue weighted by Gasteiger charge is -2.15. The molecule has 1 saturated heterocycles. The van der Waals surface area contributed by atoms with E-state index in [-0.39, 0.29) is 17.8 Å². The fourth-order valence-electron chi connectivity index (χ4n) is 1.82. The normalized spacial score (nSPS) is 19.4. The molecule has 0 unspecified atom stereocenters. The van der Waals surface area contributed by atoms with Crippen molar-refractivity contribution in [2.75, 3.05) is 18.5 Å². The third-order valence-electron chi connectivity index (χ3n) is 3.04. The van der Waals surface area contributed by atoms with Crippen molar-refractivity contribution in [1.82, 2.24) is 0 Å². The molecule has 1 aliphatic heterocycles. The van der Waals surface area contributed by atoms with Crippen LogP contribution in [0.15, 0.2) is 24.3 Å². The van der Waals surface area contributed by atoms with Gasteiger partial charge in [0.15, 0.2) is 6.10 Å². The number of esters is 1. The zero-order valence-corrected chi connectivity index (χ0v) is 13.3. The van der Waals surface area contributed by atoms with Crippen molar-refractivity contribution in [3.8, 4) is 0 Å². The Kier molecular flexibility index (Phi) is 5.36. The summed E-state index contributed by atoms with van der Waals surface area (Å²) in [5.41, 5.74) is 0.683. The molecule has 20 heavy (non-hydrogen) atoms. The van der Waals surface area contributed by atoms with Crippen LogP contribution in [0.1, 0.15) is 13.3 Å². The van der Waals surface area contributed by atoms with E-state index in [0.717, 1.165) is 3.57 Å². The van der Waals surface area contributed by atoms with Crippen molar-refractivity contribution >= 4 is 40.2 Å². The quantitative estimate of drug-likeness (QED) is 0.634. The minimum Gasteiger partial charge on any atom is -0.452 e. The molecule has 0 aromatic heterocycles. The predicted octanol–water partition coefficient (Wildman–Crippen LogP) is 2.20. The van der Waals surface area contributed by atoms with E-state index in [9.17, 15) is 9.59 Å². The molecule has 1 N–H and O–H groups in total. The Bertz CT molecular complexity index is 482. The number of carbonyl (C=O) groups excluding carboxylic acids is 2. The van der Waals surface area contributed by atoms with Crippen LogP contribution in [0.25, 0.3) is 0 Å². The molecule has 2 atom stereocenters. The topological polar surface area (TPSA) is 64.6 Å². The number of carbonyl (C=O) groups is 2. The van der Waals surface area contributed by atoms with Crippen LogP contribution in [0, 0.1) is 9.49 Å². The van der Waals surface area contributed by atoms with E-state index in [1.54, 1.807) is 19.1 Å². The maximum atomic E-state index is 11.9. The lowest BCUT2D eigenvalue weighted by atomic mass is 10.1. The summed E-state index contributed by atoms with van der Waals surface area (Å²) in [6.45, 7) is 2.52. The van der Waals surface area contributed by atoms with Crippen molar-refractivity contribution in [2.24, 2.45) is 5.92 Å². The third kappa shape index (κ3) is 4.17. The number of hydrogen-bond acceptors (Lipinski definition) is 4. The lowest BCUT2D eigenvalue weighted by Crippen LogP contribution is -2.32. The van der Waals surface area contributed by atoms with E-state index >= 15 is 0 Å². The van der Waals surface area contributed by atoms with Gasteiger partial charge in [-0.1, -0.05) is 0 Å². The molecule has 0 saturated carbocycles. The molecular formula is C14H16INO4. The number of nitrogens with one attached hydrogen (secondary N) is 1. The zero-order valence-electron chi connectivity index (χ0n) is 11.1. The first kappa shape index (κ1) is 15.2. The number of anilines is 1. The van der Waals surface area contributed by atoms with Crippen molar-refractivity contribution < 1.29 is 19.1 Å². The van der Waals surface area contributed by atoms with Crippen molar-refractivity contribution in [3.05, 3.63) is 27.8 Å².